The number of benzene rings is 2. The summed E-state index contributed by atoms with van der Waals surface area (Å²) in [5, 5.41) is 11.5. The number of aliphatic hydroxyl groups excluding tert-OH is 1. The zero-order valence-corrected chi connectivity index (χ0v) is 21.7. The third kappa shape index (κ3) is 5.33. The number of hydrogen-bond donors (Lipinski definition) is 1. The van der Waals surface area contributed by atoms with Crippen LogP contribution in [-0.2, 0) is 20.7 Å². The Balaban J connectivity index is 1.49. The number of Topliss-reactive ketones (excluding diaryl/α,β-unsaturated/α-hetero) is 1. The largest absolute Gasteiger partial charge is 0.507 e. The molecule has 0 unspecified atom stereocenters. The summed E-state index contributed by atoms with van der Waals surface area (Å²) in [6.45, 7) is 10.3. The molecule has 8 heteroatoms. The topological polar surface area (TPSA) is 88.5 Å². The van der Waals surface area contributed by atoms with Gasteiger partial charge in [0.15, 0.2) is 0 Å². The summed E-state index contributed by atoms with van der Waals surface area (Å²) >= 11 is 0. The Morgan fingerprint density at radius 2 is 1.97 bits per heavy atom. The van der Waals surface area contributed by atoms with Crippen LogP contribution in [0.3, 0.4) is 0 Å². The zero-order valence-electron chi connectivity index (χ0n) is 21.7. The lowest BCUT2D eigenvalue weighted by atomic mass is 9.94. The Labute approximate surface area is 223 Å². The molecule has 2 fully saturated rings. The summed E-state index contributed by atoms with van der Waals surface area (Å²) in [4.78, 5) is 30.6. The summed E-state index contributed by atoms with van der Waals surface area (Å²) in [6, 6.07) is 12.0. The lowest BCUT2D eigenvalue weighted by Crippen LogP contribution is -2.38. The first-order valence-corrected chi connectivity index (χ1v) is 13.2. The predicted octanol–water partition coefficient (Wildman–Crippen LogP) is 3.72. The maximum atomic E-state index is 13.4. The van der Waals surface area contributed by atoms with Gasteiger partial charge in [0.2, 0.25) is 0 Å². The molecule has 0 saturated carbocycles. The lowest BCUT2D eigenvalue weighted by Gasteiger charge is -2.29. The van der Waals surface area contributed by atoms with E-state index < -0.39 is 17.7 Å². The van der Waals surface area contributed by atoms with Crippen LogP contribution < -0.4 is 9.47 Å². The highest BCUT2D eigenvalue weighted by atomic mass is 16.5. The van der Waals surface area contributed by atoms with Crippen LogP contribution in [0.4, 0.5) is 0 Å². The van der Waals surface area contributed by atoms with Crippen molar-refractivity contribution in [3.63, 3.8) is 0 Å². The number of fused-ring (bicyclic) bond motifs is 1. The number of amides is 1. The second-order valence-electron chi connectivity index (χ2n) is 9.93. The molecule has 0 spiro atoms. The van der Waals surface area contributed by atoms with Crippen LogP contribution in [0.5, 0.6) is 11.5 Å². The summed E-state index contributed by atoms with van der Waals surface area (Å²) < 4.78 is 17.0. The maximum absolute atomic E-state index is 13.4. The van der Waals surface area contributed by atoms with Gasteiger partial charge in [0.1, 0.15) is 30.0 Å². The van der Waals surface area contributed by atoms with E-state index in [4.69, 9.17) is 14.2 Å². The normalized spacial score (nSPS) is 22.8. The molecular weight excluding hydrogens is 484 g/mol. The molecule has 0 bridgehead atoms. The van der Waals surface area contributed by atoms with Crippen LogP contribution in [0, 0.1) is 0 Å². The van der Waals surface area contributed by atoms with Gasteiger partial charge in [-0.1, -0.05) is 24.8 Å². The fraction of sp³-hybridized carbons (Fsp3) is 0.400. The average molecular weight is 519 g/mol. The van der Waals surface area contributed by atoms with E-state index in [1.165, 1.54) is 0 Å². The number of morpholine rings is 1. The summed E-state index contributed by atoms with van der Waals surface area (Å²) in [5.41, 5.74) is 2.26. The minimum absolute atomic E-state index is 0.0535. The van der Waals surface area contributed by atoms with Crippen molar-refractivity contribution < 1.29 is 28.9 Å². The Bertz CT molecular complexity index is 1250. The fourth-order valence-electron chi connectivity index (χ4n) is 5.40. The van der Waals surface area contributed by atoms with Gasteiger partial charge in [0.05, 0.1) is 24.8 Å². The van der Waals surface area contributed by atoms with Crippen molar-refractivity contribution in [2.24, 2.45) is 0 Å². The molecule has 3 heterocycles. The molecule has 3 aliphatic heterocycles. The SMILES string of the molecule is C=CCOc1cccc([C@@H]2C(=C(O)c3ccc4c(c3)C[C@@H](C)O4)C(=O)C(=O)N2CCCN2CCOCC2)c1. The van der Waals surface area contributed by atoms with E-state index in [1.54, 1.807) is 17.0 Å². The first kappa shape index (κ1) is 26.0. The lowest BCUT2D eigenvalue weighted by molar-refractivity contribution is -0.140. The fourth-order valence-corrected chi connectivity index (χ4v) is 5.40. The molecule has 0 aliphatic carbocycles. The van der Waals surface area contributed by atoms with Crippen LogP contribution in [0.2, 0.25) is 0 Å². The van der Waals surface area contributed by atoms with Crippen LogP contribution in [0.1, 0.15) is 36.1 Å². The minimum atomic E-state index is -0.726. The van der Waals surface area contributed by atoms with E-state index in [2.05, 4.69) is 11.5 Å². The van der Waals surface area contributed by atoms with Crippen molar-refractivity contribution in [2.45, 2.75) is 31.9 Å². The smallest absolute Gasteiger partial charge is 0.295 e. The molecule has 200 valence electrons. The molecule has 2 saturated heterocycles. The molecule has 38 heavy (non-hydrogen) atoms. The number of nitrogens with zero attached hydrogens (tertiary/aromatic N) is 2. The van der Waals surface area contributed by atoms with Gasteiger partial charge in [0.25, 0.3) is 11.7 Å². The standard InChI is InChI=1S/C30H34N2O6/c1-3-14-37-24-7-4-6-21(19-24)27-26(28(33)22-8-9-25-23(18-22)17-20(2)38-25)29(34)30(35)32(27)11-5-10-31-12-15-36-16-13-31/h3-4,6-9,18-20,27,33H,1,5,10-17H2,2H3/t20-,27-/m1/s1. The summed E-state index contributed by atoms with van der Waals surface area (Å²) in [7, 11) is 0. The van der Waals surface area contributed by atoms with Gasteiger partial charge in [-0.2, -0.15) is 0 Å². The number of rotatable bonds is 9. The number of aliphatic hydroxyl groups is 1. The Morgan fingerprint density at radius 3 is 2.76 bits per heavy atom. The molecule has 2 aromatic carbocycles. The van der Waals surface area contributed by atoms with Gasteiger partial charge in [-0.05, 0) is 54.8 Å². The van der Waals surface area contributed by atoms with Crippen molar-refractivity contribution in [3.05, 3.63) is 77.4 Å². The van der Waals surface area contributed by atoms with E-state index in [-0.39, 0.29) is 17.4 Å². The van der Waals surface area contributed by atoms with Crippen molar-refractivity contribution in [2.75, 3.05) is 46.0 Å². The second-order valence-corrected chi connectivity index (χ2v) is 9.93. The van der Waals surface area contributed by atoms with Crippen molar-refractivity contribution in [3.8, 4) is 11.5 Å². The Hall–Kier alpha value is -3.62. The predicted molar refractivity (Wildman–Crippen MR) is 143 cm³/mol. The van der Waals surface area contributed by atoms with Crippen LogP contribution in [0.15, 0.2) is 60.7 Å². The number of carbonyl (C=O) groups excluding carboxylic acids is 2. The molecule has 0 aromatic heterocycles. The molecule has 2 aromatic rings. The summed E-state index contributed by atoms with van der Waals surface area (Å²) in [6.07, 6.45) is 3.13. The highest BCUT2D eigenvalue weighted by Gasteiger charge is 2.46. The van der Waals surface area contributed by atoms with Gasteiger partial charge in [-0.3, -0.25) is 14.5 Å². The van der Waals surface area contributed by atoms with E-state index in [0.717, 1.165) is 37.4 Å². The Morgan fingerprint density at radius 1 is 1.16 bits per heavy atom. The first-order chi connectivity index (χ1) is 18.5. The van der Waals surface area contributed by atoms with E-state index in [9.17, 15) is 14.7 Å². The van der Waals surface area contributed by atoms with Crippen molar-refractivity contribution in [1.82, 2.24) is 9.80 Å². The van der Waals surface area contributed by atoms with Gasteiger partial charge >= 0.3 is 0 Å². The van der Waals surface area contributed by atoms with Crippen LogP contribution in [-0.4, -0.2) is 78.7 Å². The number of ether oxygens (including phenoxy) is 3. The maximum Gasteiger partial charge on any atom is 0.295 e. The first-order valence-electron chi connectivity index (χ1n) is 13.2. The highest BCUT2D eigenvalue weighted by Crippen LogP contribution is 2.41. The van der Waals surface area contributed by atoms with Crippen LogP contribution in [0.25, 0.3) is 5.76 Å². The molecule has 5 rings (SSSR count). The zero-order chi connectivity index (χ0) is 26.6. The van der Waals surface area contributed by atoms with E-state index >= 15 is 0 Å². The number of carbonyl (C=O) groups is 2. The quantitative estimate of drug-likeness (QED) is 0.234. The summed E-state index contributed by atoms with van der Waals surface area (Å²) in [5.74, 6) is -0.0783. The average Bonchev–Trinajstić information content (AvgIpc) is 3.43. The number of likely N-dealkylation sites (tertiary alicyclic amines) is 1. The van der Waals surface area contributed by atoms with Crippen LogP contribution >= 0.6 is 0 Å². The monoisotopic (exact) mass is 518 g/mol. The minimum Gasteiger partial charge on any atom is -0.507 e. The molecular formula is C30H34N2O6. The third-order valence-electron chi connectivity index (χ3n) is 7.23. The van der Waals surface area contributed by atoms with Gasteiger partial charge in [0, 0.05) is 38.2 Å². The Kier molecular flexibility index (Phi) is 7.81. The molecule has 3 aliphatic rings. The van der Waals surface area contributed by atoms with Crippen molar-refractivity contribution in [1.29, 1.82) is 0 Å². The van der Waals surface area contributed by atoms with Gasteiger partial charge in [-0.15, -0.1) is 0 Å². The number of ketones is 1. The molecule has 2 atom stereocenters. The number of hydrogen-bond acceptors (Lipinski definition) is 7. The van der Waals surface area contributed by atoms with Gasteiger partial charge < -0.3 is 24.2 Å². The molecule has 0 radical (unpaired) electrons. The van der Waals surface area contributed by atoms with E-state index in [1.807, 2.05) is 43.3 Å². The highest BCUT2D eigenvalue weighted by molar-refractivity contribution is 6.46. The second kappa shape index (κ2) is 11.4. The van der Waals surface area contributed by atoms with Crippen molar-refractivity contribution >= 4 is 17.4 Å². The third-order valence-corrected chi connectivity index (χ3v) is 7.23. The van der Waals surface area contributed by atoms with E-state index in [0.29, 0.717) is 49.7 Å². The molecule has 8 nitrogen and oxygen atoms in total. The molecule has 1 amide bonds. The molecule has 1 N–H and O–H groups in total. The van der Waals surface area contributed by atoms with Gasteiger partial charge in [-0.25, -0.2) is 0 Å².